The molecule has 0 spiro atoms. The van der Waals surface area contributed by atoms with Gasteiger partial charge >= 0.3 is 6.18 Å². The fraction of sp³-hybridized carbons (Fsp3) is 0.323. The summed E-state index contributed by atoms with van der Waals surface area (Å²) in [7, 11) is 1.75. The molecule has 1 amide bonds. The van der Waals surface area contributed by atoms with Crippen LogP contribution in [-0.4, -0.2) is 29.0 Å². The lowest BCUT2D eigenvalue weighted by Gasteiger charge is -2.23. The van der Waals surface area contributed by atoms with Gasteiger partial charge in [0.1, 0.15) is 5.75 Å². The van der Waals surface area contributed by atoms with Gasteiger partial charge in [0, 0.05) is 24.3 Å². The normalized spacial score (nSPS) is 14.8. The van der Waals surface area contributed by atoms with E-state index in [1.54, 1.807) is 19.3 Å². The number of carbonyl (C=O) groups excluding carboxylic acids is 1. The van der Waals surface area contributed by atoms with Gasteiger partial charge in [-0.15, -0.1) is 0 Å². The molecule has 1 atom stereocenters. The molecule has 6 nitrogen and oxygen atoms in total. The van der Waals surface area contributed by atoms with Crippen molar-refractivity contribution in [3.63, 3.8) is 0 Å². The van der Waals surface area contributed by atoms with Crippen molar-refractivity contribution in [1.29, 1.82) is 0 Å². The number of carbonyl (C=O) groups is 1. The molecule has 0 saturated heterocycles. The van der Waals surface area contributed by atoms with Crippen molar-refractivity contribution in [3.8, 4) is 16.9 Å². The van der Waals surface area contributed by atoms with E-state index in [2.05, 4.69) is 20.6 Å². The lowest BCUT2D eigenvalue weighted by atomic mass is 9.98. The van der Waals surface area contributed by atoms with Crippen LogP contribution in [-0.2, 0) is 6.18 Å². The van der Waals surface area contributed by atoms with E-state index in [9.17, 15) is 18.0 Å². The van der Waals surface area contributed by atoms with Crippen molar-refractivity contribution < 1.29 is 22.7 Å². The molecular formula is C31H31F3N4O2. The number of ether oxygens (including phenoxy) is 1. The zero-order chi connectivity index (χ0) is 28.4. The highest BCUT2D eigenvalue weighted by Crippen LogP contribution is 2.36. The summed E-state index contributed by atoms with van der Waals surface area (Å²) >= 11 is 0. The van der Waals surface area contributed by atoms with Crippen molar-refractivity contribution in [2.24, 2.45) is 5.92 Å². The van der Waals surface area contributed by atoms with Crippen molar-refractivity contribution in [2.75, 3.05) is 17.7 Å². The van der Waals surface area contributed by atoms with Crippen LogP contribution >= 0.6 is 0 Å². The maximum absolute atomic E-state index is 13.6. The largest absolute Gasteiger partial charge is 0.490 e. The van der Waals surface area contributed by atoms with E-state index in [0.717, 1.165) is 65.4 Å². The number of hydrogen-bond acceptors (Lipinski definition) is 5. The summed E-state index contributed by atoms with van der Waals surface area (Å²) in [4.78, 5) is 22.1. The van der Waals surface area contributed by atoms with E-state index in [4.69, 9.17) is 4.74 Å². The van der Waals surface area contributed by atoms with Crippen LogP contribution < -0.4 is 15.4 Å². The summed E-state index contributed by atoms with van der Waals surface area (Å²) in [6.45, 7) is 3.87. The average molecular weight is 549 g/mol. The molecule has 3 aromatic carbocycles. The molecule has 0 aliphatic heterocycles. The zero-order valence-electron chi connectivity index (χ0n) is 22.6. The number of benzene rings is 3. The third kappa shape index (κ3) is 5.88. The van der Waals surface area contributed by atoms with E-state index in [1.165, 1.54) is 6.07 Å². The van der Waals surface area contributed by atoms with Gasteiger partial charge < -0.3 is 15.4 Å². The Hall–Kier alpha value is -4.14. The molecule has 0 radical (unpaired) electrons. The van der Waals surface area contributed by atoms with Gasteiger partial charge in [-0.05, 0) is 91.8 Å². The Morgan fingerprint density at radius 3 is 2.55 bits per heavy atom. The van der Waals surface area contributed by atoms with Crippen LogP contribution in [0.15, 0.2) is 60.8 Å². The van der Waals surface area contributed by atoms with Gasteiger partial charge in [-0.3, -0.25) is 4.79 Å². The van der Waals surface area contributed by atoms with Crippen LogP contribution in [0.5, 0.6) is 5.75 Å². The molecule has 2 N–H and O–H groups in total. The van der Waals surface area contributed by atoms with Gasteiger partial charge in [0.2, 0.25) is 5.95 Å². The van der Waals surface area contributed by atoms with E-state index in [0.29, 0.717) is 17.6 Å². The minimum Gasteiger partial charge on any atom is -0.490 e. The fourth-order valence-corrected chi connectivity index (χ4v) is 5.24. The lowest BCUT2D eigenvalue weighted by molar-refractivity contribution is -0.137. The first-order chi connectivity index (χ1) is 19.1. The third-order valence-electron chi connectivity index (χ3n) is 7.54. The number of nitrogens with zero attached hydrogens (tertiary/aromatic N) is 2. The van der Waals surface area contributed by atoms with Crippen LogP contribution in [0, 0.1) is 12.8 Å². The minimum absolute atomic E-state index is 0.146. The number of anilines is 2. The lowest BCUT2D eigenvalue weighted by Crippen LogP contribution is -2.23. The minimum atomic E-state index is -4.59. The predicted molar refractivity (Wildman–Crippen MR) is 151 cm³/mol. The molecule has 1 aliphatic rings. The van der Waals surface area contributed by atoms with Crippen LogP contribution in [0.4, 0.5) is 24.8 Å². The summed E-state index contributed by atoms with van der Waals surface area (Å²) in [6.07, 6.45) is 1.17. The number of fused-ring (bicyclic) bond motifs is 1. The van der Waals surface area contributed by atoms with Gasteiger partial charge in [0.25, 0.3) is 5.91 Å². The van der Waals surface area contributed by atoms with Gasteiger partial charge in [0.05, 0.1) is 22.7 Å². The molecular weight excluding hydrogens is 517 g/mol. The van der Waals surface area contributed by atoms with E-state index < -0.39 is 17.6 Å². The Morgan fingerprint density at radius 1 is 1.05 bits per heavy atom. The number of nitrogens with one attached hydrogen (secondary N) is 2. The molecule has 1 heterocycles. The first-order valence-electron chi connectivity index (χ1n) is 13.4. The van der Waals surface area contributed by atoms with Crippen molar-refractivity contribution in [3.05, 3.63) is 77.5 Å². The number of amides is 1. The molecule has 208 valence electrons. The summed E-state index contributed by atoms with van der Waals surface area (Å²) in [5.74, 6) is 0.320. The first kappa shape index (κ1) is 27.4. The van der Waals surface area contributed by atoms with Crippen molar-refractivity contribution in [1.82, 2.24) is 9.97 Å². The zero-order valence-corrected chi connectivity index (χ0v) is 22.6. The molecule has 1 saturated carbocycles. The molecule has 4 aromatic rings. The van der Waals surface area contributed by atoms with Gasteiger partial charge in [-0.1, -0.05) is 25.0 Å². The van der Waals surface area contributed by atoms with Crippen LogP contribution in [0.1, 0.15) is 54.1 Å². The van der Waals surface area contributed by atoms with Gasteiger partial charge in [0.15, 0.2) is 0 Å². The smallest absolute Gasteiger partial charge is 0.416 e. The highest BCUT2D eigenvalue weighted by Gasteiger charge is 2.33. The molecule has 5 rings (SSSR count). The van der Waals surface area contributed by atoms with Crippen LogP contribution in [0.2, 0.25) is 0 Å². The molecule has 1 fully saturated rings. The fourth-order valence-electron chi connectivity index (χ4n) is 5.24. The maximum Gasteiger partial charge on any atom is 0.416 e. The second kappa shape index (κ2) is 11.2. The second-order valence-corrected chi connectivity index (χ2v) is 10.3. The molecule has 9 heteroatoms. The Morgan fingerprint density at radius 2 is 1.82 bits per heavy atom. The monoisotopic (exact) mass is 548 g/mol. The molecule has 0 unspecified atom stereocenters. The third-order valence-corrected chi connectivity index (χ3v) is 7.54. The van der Waals surface area contributed by atoms with E-state index in [1.807, 2.05) is 44.2 Å². The summed E-state index contributed by atoms with van der Waals surface area (Å²) < 4.78 is 46.7. The summed E-state index contributed by atoms with van der Waals surface area (Å²) in [6, 6.07) is 14.3. The Balaban J connectivity index is 1.44. The summed E-state index contributed by atoms with van der Waals surface area (Å²) in [5.41, 5.74) is 2.93. The number of hydrogen-bond donors (Lipinski definition) is 2. The van der Waals surface area contributed by atoms with Crippen molar-refractivity contribution >= 4 is 28.4 Å². The number of alkyl halides is 3. The molecule has 1 aliphatic carbocycles. The molecule has 0 bridgehead atoms. The predicted octanol–water partition coefficient (Wildman–Crippen LogP) is 7.88. The summed E-state index contributed by atoms with van der Waals surface area (Å²) in [5, 5.41) is 6.56. The number of halogens is 3. The Bertz CT molecular complexity index is 1550. The topological polar surface area (TPSA) is 76.1 Å². The number of rotatable bonds is 7. The highest BCUT2D eigenvalue weighted by molar-refractivity contribution is 6.06. The van der Waals surface area contributed by atoms with Crippen LogP contribution in [0.25, 0.3) is 22.0 Å². The average Bonchev–Trinajstić information content (AvgIpc) is 3.48. The standard InChI is InChI=1S/C31H31F3N4O2/c1-18-8-11-24(16-25(18)21-9-12-27-22(14-21)17-36-30(35-3)38-27)37-29(39)26-15-23(31(32,33)34)10-13-28(26)40-19(2)20-6-4-5-7-20/h8-17,19-20H,4-7H2,1-3H3,(H,37,39)(H,35,36,38)/t19-/m0/s1. The molecule has 40 heavy (non-hydrogen) atoms. The van der Waals surface area contributed by atoms with E-state index in [-0.39, 0.29) is 17.4 Å². The van der Waals surface area contributed by atoms with Gasteiger partial charge in [-0.25, -0.2) is 9.97 Å². The number of aromatic nitrogens is 2. The first-order valence-corrected chi connectivity index (χ1v) is 13.4. The maximum atomic E-state index is 13.6. The SMILES string of the molecule is CNc1ncc2cc(-c3cc(NC(=O)c4cc(C(F)(F)F)ccc4O[C@@H](C)C4CCCC4)ccc3C)ccc2n1. The highest BCUT2D eigenvalue weighted by atomic mass is 19.4. The van der Waals surface area contributed by atoms with Gasteiger partial charge in [-0.2, -0.15) is 13.2 Å². The van der Waals surface area contributed by atoms with Crippen molar-refractivity contribution in [2.45, 2.75) is 51.8 Å². The molecule has 1 aromatic heterocycles. The van der Waals surface area contributed by atoms with E-state index >= 15 is 0 Å². The second-order valence-electron chi connectivity index (χ2n) is 10.3. The number of aryl methyl sites for hydroxylation is 1. The Kier molecular flexibility index (Phi) is 7.65. The Labute approximate surface area is 231 Å². The quantitative estimate of drug-likeness (QED) is 0.246. The van der Waals surface area contributed by atoms with Crippen LogP contribution in [0.3, 0.4) is 0 Å².